The first-order valence-corrected chi connectivity index (χ1v) is 5.75. The third kappa shape index (κ3) is 4.63. The van der Waals surface area contributed by atoms with Crippen molar-refractivity contribution in [1.82, 2.24) is 10.2 Å². The maximum absolute atomic E-state index is 3.22. The topological polar surface area (TPSA) is 15.3 Å². The molecule has 2 rings (SSSR count). The zero-order chi connectivity index (χ0) is 9.52. The van der Waals surface area contributed by atoms with E-state index >= 15 is 0 Å². The van der Waals surface area contributed by atoms with Crippen LogP contribution in [-0.2, 0) is 0 Å². The molecule has 0 aromatic heterocycles. The average Bonchev–Trinajstić information content (AvgIpc) is 2.82. The summed E-state index contributed by atoms with van der Waals surface area (Å²) in [6.07, 6.45) is 5.61. The molecule has 1 N–H and O–H groups in total. The molecule has 2 aliphatic rings. The normalized spacial score (nSPS) is 23.3. The summed E-state index contributed by atoms with van der Waals surface area (Å²) in [4.78, 5) is 2.53. The molecule has 0 spiro atoms. The third-order valence-electron chi connectivity index (χ3n) is 2.83. The minimum Gasteiger partial charge on any atom is -0.317 e. The number of likely N-dealkylation sites (tertiary alicyclic amines) is 1. The summed E-state index contributed by atoms with van der Waals surface area (Å²) >= 11 is 0. The lowest BCUT2D eigenvalue weighted by Crippen LogP contribution is -2.26. The molecule has 13 heavy (non-hydrogen) atoms. The van der Waals surface area contributed by atoms with Gasteiger partial charge in [-0.15, -0.1) is 0 Å². The standard InChI is InChI=1S/C7H15N.C4H9N/c1-7(2)8-5-3-4-6-8;1-2-4-5-3-1/h7H,3-6H2,1-2H3;5H,1-4H2. The van der Waals surface area contributed by atoms with Crippen LogP contribution in [0.5, 0.6) is 0 Å². The minimum absolute atomic E-state index is 0.775. The smallest absolute Gasteiger partial charge is 0.00385 e. The Kier molecular flexibility index (Phi) is 5.40. The van der Waals surface area contributed by atoms with E-state index in [1.54, 1.807) is 0 Å². The fraction of sp³-hybridized carbons (Fsp3) is 1.00. The number of hydrogen-bond acceptors (Lipinski definition) is 2. The summed E-state index contributed by atoms with van der Waals surface area (Å²) in [6.45, 7) is 9.70. The molecule has 0 radical (unpaired) electrons. The zero-order valence-corrected chi connectivity index (χ0v) is 9.18. The first-order valence-electron chi connectivity index (χ1n) is 5.75. The molecule has 2 heterocycles. The van der Waals surface area contributed by atoms with Gasteiger partial charge in [0.1, 0.15) is 0 Å². The highest BCUT2D eigenvalue weighted by molar-refractivity contribution is 4.68. The molecule has 2 aliphatic heterocycles. The van der Waals surface area contributed by atoms with Crippen molar-refractivity contribution >= 4 is 0 Å². The van der Waals surface area contributed by atoms with Crippen molar-refractivity contribution in [3.05, 3.63) is 0 Å². The summed E-state index contributed by atoms with van der Waals surface area (Å²) in [5, 5.41) is 3.22. The van der Waals surface area contributed by atoms with Gasteiger partial charge in [-0.3, -0.25) is 0 Å². The van der Waals surface area contributed by atoms with Gasteiger partial charge >= 0.3 is 0 Å². The molecular formula is C11H24N2. The number of nitrogens with zero attached hydrogens (tertiary/aromatic N) is 1. The van der Waals surface area contributed by atoms with Crippen molar-refractivity contribution in [2.45, 2.75) is 45.6 Å². The van der Waals surface area contributed by atoms with E-state index in [1.807, 2.05) is 0 Å². The predicted octanol–water partition coefficient (Wildman–Crippen LogP) is 1.86. The summed E-state index contributed by atoms with van der Waals surface area (Å²) in [5.41, 5.74) is 0. The number of rotatable bonds is 1. The van der Waals surface area contributed by atoms with Gasteiger partial charge in [0.25, 0.3) is 0 Å². The van der Waals surface area contributed by atoms with Crippen LogP contribution in [0.25, 0.3) is 0 Å². The van der Waals surface area contributed by atoms with Crippen molar-refractivity contribution in [2.24, 2.45) is 0 Å². The van der Waals surface area contributed by atoms with Gasteiger partial charge in [0.2, 0.25) is 0 Å². The summed E-state index contributed by atoms with van der Waals surface area (Å²) in [7, 11) is 0. The maximum atomic E-state index is 3.22. The predicted molar refractivity (Wildman–Crippen MR) is 58.0 cm³/mol. The number of hydrogen-bond donors (Lipinski definition) is 1. The molecule has 0 saturated carbocycles. The van der Waals surface area contributed by atoms with Crippen molar-refractivity contribution in [1.29, 1.82) is 0 Å². The molecule has 0 amide bonds. The highest BCUT2D eigenvalue weighted by atomic mass is 15.2. The lowest BCUT2D eigenvalue weighted by atomic mass is 10.3. The van der Waals surface area contributed by atoms with Crippen LogP contribution in [0.15, 0.2) is 0 Å². The third-order valence-corrected chi connectivity index (χ3v) is 2.83. The SMILES string of the molecule is C1CCNC1.CC(C)N1CCCC1. The van der Waals surface area contributed by atoms with Crippen LogP contribution < -0.4 is 5.32 Å². The molecule has 2 heteroatoms. The van der Waals surface area contributed by atoms with E-state index in [1.165, 1.54) is 51.9 Å². The Morgan fingerprint density at radius 3 is 1.69 bits per heavy atom. The molecule has 78 valence electrons. The van der Waals surface area contributed by atoms with Crippen LogP contribution >= 0.6 is 0 Å². The Balaban J connectivity index is 0.000000145. The van der Waals surface area contributed by atoms with E-state index in [2.05, 4.69) is 24.1 Å². The molecule has 0 aliphatic carbocycles. The van der Waals surface area contributed by atoms with Gasteiger partial charge in [-0.1, -0.05) is 0 Å². The van der Waals surface area contributed by atoms with Gasteiger partial charge in [0, 0.05) is 6.04 Å². The van der Waals surface area contributed by atoms with Crippen LogP contribution in [-0.4, -0.2) is 37.1 Å². The number of nitrogens with one attached hydrogen (secondary N) is 1. The van der Waals surface area contributed by atoms with Crippen molar-refractivity contribution in [3.63, 3.8) is 0 Å². The highest BCUT2D eigenvalue weighted by Gasteiger charge is 2.13. The fourth-order valence-electron chi connectivity index (χ4n) is 1.88. The molecule has 2 saturated heterocycles. The summed E-state index contributed by atoms with van der Waals surface area (Å²) in [6, 6.07) is 0.775. The average molecular weight is 184 g/mol. The second-order valence-electron chi connectivity index (χ2n) is 4.29. The Labute approximate surface area is 82.7 Å². The van der Waals surface area contributed by atoms with E-state index in [9.17, 15) is 0 Å². The lowest BCUT2D eigenvalue weighted by molar-refractivity contribution is 0.276. The Morgan fingerprint density at radius 2 is 1.46 bits per heavy atom. The first kappa shape index (κ1) is 11.0. The van der Waals surface area contributed by atoms with Crippen molar-refractivity contribution in [3.8, 4) is 0 Å². The van der Waals surface area contributed by atoms with Crippen LogP contribution in [0, 0.1) is 0 Å². The van der Waals surface area contributed by atoms with E-state index in [4.69, 9.17) is 0 Å². The van der Waals surface area contributed by atoms with Crippen LogP contribution in [0.4, 0.5) is 0 Å². The quantitative estimate of drug-likeness (QED) is 0.669. The second kappa shape index (κ2) is 6.39. The Hall–Kier alpha value is -0.0800. The van der Waals surface area contributed by atoms with Gasteiger partial charge in [-0.25, -0.2) is 0 Å². The minimum atomic E-state index is 0.775. The highest BCUT2D eigenvalue weighted by Crippen LogP contribution is 2.09. The van der Waals surface area contributed by atoms with Crippen LogP contribution in [0.3, 0.4) is 0 Å². The summed E-state index contributed by atoms with van der Waals surface area (Å²) in [5.74, 6) is 0. The van der Waals surface area contributed by atoms with Gasteiger partial charge < -0.3 is 10.2 Å². The zero-order valence-electron chi connectivity index (χ0n) is 9.18. The molecule has 0 aromatic carbocycles. The van der Waals surface area contributed by atoms with Crippen molar-refractivity contribution < 1.29 is 0 Å². The fourth-order valence-corrected chi connectivity index (χ4v) is 1.88. The van der Waals surface area contributed by atoms with Crippen molar-refractivity contribution in [2.75, 3.05) is 26.2 Å². The van der Waals surface area contributed by atoms with E-state index in [0.29, 0.717) is 0 Å². The molecular weight excluding hydrogens is 160 g/mol. The molecule has 0 unspecified atom stereocenters. The molecule has 2 fully saturated rings. The van der Waals surface area contributed by atoms with Gasteiger partial charge in [0.15, 0.2) is 0 Å². The lowest BCUT2D eigenvalue weighted by Gasteiger charge is -2.18. The molecule has 0 aromatic rings. The Bertz CT molecular complexity index is 106. The van der Waals surface area contributed by atoms with E-state index < -0.39 is 0 Å². The molecule has 0 atom stereocenters. The van der Waals surface area contributed by atoms with Gasteiger partial charge in [-0.05, 0) is 65.7 Å². The van der Waals surface area contributed by atoms with Gasteiger partial charge in [-0.2, -0.15) is 0 Å². The monoisotopic (exact) mass is 184 g/mol. The molecule has 2 nitrogen and oxygen atoms in total. The largest absolute Gasteiger partial charge is 0.317 e. The maximum Gasteiger partial charge on any atom is 0.00385 e. The van der Waals surface area contributed by atoms with E-state index in [0.717, 1.165) is 6.04 Å². The van der Waals surface area contributed by atoms with E-state index in [-0.39, 0.29) is 0 Å². The Morgan fingerprint density at radius 1 is 0.923 bits per heavy atom. The van der Waals surface area contributed by atoms with Crippen LogP contribution in [0.2, 0.25) is 0 Å². The first-order chi connectivity index (χ1) is 6.30. The second-order valence-corrected chi connectivity index (χ2v) is 4.29. The van der Waals surface area contributed by atoms with Gasteiger partial charge in [0.05, 0.1) is 0 Å². The van der Waals surface area contributed by atoms with Crippen LogP contribution in [0.1, 0.15) is 39.5 Å². The summed E-state index contributed by atoms with van der Waals surface area (Å²) < 4.78 is 0. The molecule has 0 bridgehead atoms.